The van der Waals surface area contributed by atoms with Crippen molar-refractivity contribution in [2.24, 2.45) is 7.05 Å². The minimum absolute atomic E-state index is 0.144. The lowest BCUT2D eigenvalue weighted by Gasteiger charge is -2.34. The van der Waals surface area contributed by atoms with Gasteiger partial charge in [0, 0.05) is 38.1 Å². The summed E-state index contributed by atoms with van der Waals surface area (Å²) in [7, 11) is 1.90. The van der Waals surface area contributed by atoms with E-state index < -0.39 is 5.82 Å². The summed E-state index contributed by atoms with van der Waals surface area (Å²) in [5.74, 6) is -0.729. The van der Waals surface area contributed by atoms with Crippen molar-refractivity contribution in [3.8, 4) is 0 Å². The molecule has 1 aliphatic heterocycles. The maximum Gasteiger partial charge on any atom is 0.164 e. The van der Waals surface area contributed by atoms with Crippen LogP contribution in [0.15, 0.2) is 30.6 Å². The van der Waals surface area contributed by atoms with E-state index in [1.165, 1.54) is 13.0 Å². The molecule has 1 aromatic heterocycles. The van der Waals surface area contributed by atoms with Crippen LogP contribution in [-0.4, -0.2) is 34.7 Å². The van der Waals surface area contributed by atoms with Gasteiger partial charge < -0.3 is 10.2 Å². The first-order valence-corrected chi connectivity index (χ1v) is 7.84. The summed E-state index contributed by atoms with van der Waals surface area (Å²) in [5, 5.41) is 7.56. The van der Waals surface area contributed by atoms with Crippen LogP contribution in [0, 0.1) is 5.82 Å². The first kappa shape index (κ1) is 15.5. The normalized spacial score (nSPS) is 18.0. The van der Waals surface area contributed by atoms with Gasteiger partial charge in [-0.3, -0.25) is 9.48 Å². The number of carbonyl (C=O) groups excluding carboxylic acids is 1. The van der Waals surface area contributed by atoms with Gasteiger partial charge in [-0.2, -0.15) is 5.10 Å². The van der Waals surface area contributed by atoms with Gasteiger partial charge in [-0.25, -0.2) is 4.39 Å². The number of carbonyl (C=O) groups is 1. The molecule has 0 spiro atoms. The second-order valence-corrected chi connectivity index (χ2v) is 6.02. The lowest BCUT2D eigenvalue weighted by molar-refractivity contribution is 0.101. The molecule has 122 valence electrons. The third-order valence-corrected chi connectivity index (χ3v) is 4.20. The highest BCUT2D eigenvalue weighted by atomic mass is 19.1. The van der Waals surface area contributed by atoms with Gasteiger partial charge in [0.1, 0.15) is 5.82 Å². The van der Waals surface area contributed by atoms with E-state index in [2.05, 4.69) is 15.3 Å². The number of nitrogens with one attached hydrogen (secondary N) is 1. The summed E-state index contributed by atoms with van der Waals surface area (Å²) in [6.07, 6.45) is 5.87. The standard InChI is InChI=1S/C17H21FN4O/c1-12(23)17-15(18)6-3-7-16(17)20-13-5-4-8-22(10-13)14-9-19-21(2)11-14/h3,6-7,9,11,13,20H,4-5,8,10H2,1-2H3. The predicted octanol–water partition coefficient (Wildman–Crippen LogP) is 2.84. The van der Waals surface area contributed by atoms with E-state index in [1.54, 1.807) is 16.8 Å². The van der Waals surface area contributed by atoms with Crippen LogP contribution in [-0.2, 0) is 7.05 Å². The topological polar surface area (TPSA) is 50.2 Å². The largest absolute Gasteiger partial charge is 0.380 e. The molecule has 2 heterocycles. The number of rotatable bonds is 4. The summed E-state index contributed by atoms with van der Waals surface area (Å²) in [5.41, 5.74) is 1.81. The quantitative estimate of drug-likeness (QED) is 0.881. The summed E-state index contributed by atoms with van der Waals surface area (Å²) >= 11 is 0. The Morgan fingerprint density at radius 1 is 1.43 bits per heavy atom. The number of anilines is 2. The summed E-state index contributed by atoms with van der Waals surface area (Å²) in [6, 6.07) is 4.89. The molecule has 2 aromatic rings. The third kappa shape index (κ3) is 3.36. The van der Waals surface area contributed by atoms with Gasteiger partial charge >= 0.3 is 0 Å². The molecular formula is C17H21FN4O. The van der Waals surface area contributed by atoms with E-state index in [9.17, 15) is 9.18 Å². The molecule has 0 radical (unpaired) electrons. The number of piperidine rings is 1. The average Bonchev–Trinajstić information content (AvgIpc) is 2.94. The number of benzene rings is 1. The molecule has 0 bridgehead atoms. The Bertz CT molecular complexity index is 712. The molecule has 23 heavy (non-hydrogen) atoms. The van der Waals surface area contributed by atoms with Gasteiger partial charge in [0.05, 0.1) is 17.4 Å². The van der Waals surface area contributed by atoms with Crippen molar-refractivity contribution in [1.82, 2.24) is 9.78 Å². The molecule has 0 saturated carbocycles. The van der Waals surface area contributed by atoms with Crippen LogP contribution in [0.5, 0.6) is 0 Å². The Morgan fingerprint density at radius 3 is 2.96 bits per heavy atom. The molecule has 1 aliphatic rings. The molecule has 1 fully saturated rings. The number of ketones is 1. The molecule has 3 rings (SSSR count). The van der Waals surface area contributed by atoms with Crippen molar-refractivity contribution in [2.45, 2.75) is 25.8 Å². The van der Waals surface area contributed by atoms with Gasteiger partial charge in [0.15, 0.2) is 5.78 Å². The number of aryl methyl sites for hydroxylation is 1. The molecule has 6 heteroatoms. The summed E-state index contributed by atoms with van der Waals surface area (Å²) < 4.78 is 15.7. The zero-order chi connectivity index (χ0) is 16.4. The molecular weight excluding hydrogens is 295 g/mol. The highest BCUT2D eigenvalue weighted by Gasteiger charge is 2.23. The average molecular weight is 316 g/mol. The van der Waals surface area contributed by atoms with E-state index >= 15 is 0 Å². The van der Waals surface area contributed by atoms with Crippen LogP contribution in [0.1, 0.15) is 30.1 Å². The van der Waals surface area contributed by atoms with Crippen LogP contribution >= 0.6 is 0 Å². The molecule has 1 saturated heterocycles. The molecule has 1 atom stereocenters. The molecule has 1 N–H and O–H groups in total. The minimum atomic E-state index is -0.470. The Kier molecular flexibility index (Phi) is 4.32. The fourth-order valence-electron chi connectivity index (χ4n) is 3.12. The summed E-state index contributed by atoms with van der Waals surface area (Å²) in [4.78, 5) is 14.0. The van der Waals surface area contributed by atoms with Crippen LogP contribution in [0.4, 0.5) is 15.8 Å². The zero-order valence-corrected chi connectivity index (χ0v) is 13.4. The van der Waals surface area contributed by atoms with Crippen LogP contribution < -0.4 is 10.2 Å². The SMILES string of the molecule is CC(=O)c1c(F)cccc1NC1CCCN(c2cnn(C)c2)C1. The molecule has 5 nitrogen and oxygen atoms in total. The first-order chi connectivity index (χ1) is 11.0. The van der Waals surface area contributed by atoms with Crippen LogP contribution in [0.3, 0.4) is 0 Å². The van der Waals surface area contributed by atoms with Crippen molar-refractivity contribution in [3.63, 3.8) is 0 Å². The zero-order valence-electron chi connectivity index (χ0n) is 13.4. The van der Waals surface area contributed by atoms with E-state index in [-0.39, 0.29) is 17.4 Å². The smallest absolute Gasteiger partial charge is 0.164 e. The highest BCUT2D eigenvalue weighted by Crippen LogP contribution is 2.25. The van der Waals surface area contributed by atoms with Crippen molar-refractivity contribution in [2.75, 3.05) is 23.3 Å². The Labute approximate surface area is 135 Å². The number of halogens is 1. The lowest BCUT2D eigenvalue weighted by atomic mass is 10.0. The summed E-state index contributed by atoms with van der Waals surface area (Å²) in [6.45, 7) is 3.18. The van der Waals surface area contributed by atoms with E-state index in [0.717, 1.165) is 31.6 Å². The Balaban J connectivity index is 1.76. The van der Waals surface area contributed by atoms with Crippen molar-refractivity contribution >= 4 is 17.2 Å². The number of hydrogen-bond acceptors (Lipinski definition) is 4. The molecule has 1 aromatic carbocycles. The minimum Gasteiger partial charge on any atom is -0.380 e. The monoisotopic (exact) mass is 316 g/mol. The maximum atomic E-state index is 13.9. The van der Waals surface area contributed by atoms with Crippen molar-refractivity contribution in [3.05, 3.63) is 42.0 Å². The third-order valence-electron chi connectivity index (χ3n) is 4.20. The van der Waals surface area contributed by atoms with Gasteiger partial charge in [0.2, 0.25) is 0 Å². The highest BCUT2D eigenvalue weighted by molar-refractivity contribution is 5.99. The lowest BCUT2D eigenvalue weighted by Crippen LogP contribution is -2.42. The van der Waals surface area contributed by atoms with E-state index in [4.69, 9.17) is 0 Å². The van der Waals surface area contributed by atoms with Crippen molar-refractivity contribution in [1.29, 1.82) is 0 Å². The van der Waals surface area contributed by atoms with Gasteiger partial charge in [-0.1, -0.05) is 6.07 Å². The van der Waals surface area contributed by atoms with Crippen LogP contribution in [0.2, 0.25) is 0 Å². The number of hydrogen-bond donors (Lipinski definition) is 1. The number of nitrogens with zero attached hydrogens (tertiary/aromatic N) is 3. The van der Waals surface area contributed by atoms with E-state index in [1.807, 2.05) is 19.4 Å². The van der Waals surface area contributed by atoms with Crippen LogP contribution in [0.25, 0.3) is 0 Å². The van der Waals surface area contributed by atoms with Gasteiger partial charge in [-0.15, -0.1) is 0 Å². The fourth-order valence-corrected chi connectivity index (χ4v) is 3.12. The Hall–Kier alpha value is -2.37. The van der Waals surface area contributed by atoms with Gasteiger partial charge in [0.25, 0.3) is 0 Å². The second kappa shape index (κ2) is 6.40. The Morgan fingerprint density at radius 2 is 2.26 bits per heavy atom. The maximum absolute atomic E-state index is 13.9. The predicted molar refractivity (Wildman–Crippen MR) is 88.5 cm³/mol. The van der Waals surface area contributed by atoms with E-state index in [0.29, 0.717) is 5.69 Å². The number of aromatic nitrogens is 2. The molecule has 0 amide bonds. The number of Topliss-reactive ketones (excluding diaryl/α,β-unsaturated/α-hetero) is 1. The second-order valence-electron chi connectivity index (χ2n) is 6.02. The van der Waals surface area contributed by atoms with Crippen molar-refractivity contribution < 1.29 is 9.18 Å². The first-order valence-electron chi connectivity index (χ1n) is 7.84. The fraction of sp³-hybridized carbons (Fsp3) is 0.412. The van der Waals surface area contributed by atoms with Gasteiger partial charge in [-0.05, 0) is 31.9 Å². The molecule has 1 unspecified atom stereocenters. The molecule has 0 aliphatic carbocycles.